The van der Waals surface area contributed by atoms with Gasteiger partial charge in [-0.2, -0.15) is 0 Å². The second-order valence-electron chi connectivity index (χ2n) is 25.8. The molecule has 3 spiro atoms. The minimum absolute atomic E-state index is 0. The van der Waals surface area contributed by atoms with Crippen LogP contribution in [-0.4, -0.2) is 103 Å². The molecule has 19 atom stereocenters. The molecule has 13 aliphatic rings. The topological polar surface area (TPSA) is 192 Å². The summed E-state index contributed by atoms with van der Waals surface area (Å²) in [6.45, 7) is 20.3. The van der Waals surface area contributed by atoms with Gasteiger partial charge in [0.1, 0.15) is 11.2 Å². The maximum Gasteiger partial charge on any atom is 1.00 e. The van der Waals surface area contributed by atoms with E-state index < -0.39 is 61.5 Å². The number of aliphatic hydroxyl groups is 3. The molecule has 395 valence electrons. The Balaban J connectivity index is 0.000000137. The van der Waals surface area contributed by atoms with E-state index in [1.165, 1.54) is 26.9 Å². The molecule has 14 rings (SSSR count). The third kappa shape index (κ3) is 6.33. The van der Waals surface area contributed by atoms with Crippen molar-refractivity contribution in [1.82, 2.24) is 0 Å². The number of rotatable bonds is 3. The van der Waals surface area contributed by atoms with Gasteiger partial charge in [-0.15, -0.1) is 0 Å². The van der Waals surface area contributed by atoms with Crippen LogP contribution in [0.5, 0.6) is 0 Å². The van der Waals surface area contributed by atoms with Crippen molar-refractivity contribution in [3.63, 3.8) is 0 Å². The van der Waals surface area contributed by atoms with Gasteiger partial charge in [0, 0.05) is 43.9 Å². The van der Waals surface area contributed by atoms with Gasteiger partial charge >= 0.3 is 59.4 Å². The Kier molecular flexibility index (Phi) is 12.3. The van der Waals surface area contributed by atoms with Crippen LogP contribution in [0, 0.1) is 75.4 Å². The van der Waals surface area contributed by atoms with Gasteiger partial charge in [-0.05, 0) is 160 Å². The van der Waals surface area contributed by atoms with Gasteiger partial charge in [0.2, 0.25) is 0 Å². The van der Waals surface area contributed by atoms with E-state index in [4.69, 9.17) is 23.7 Å². The summed E-state index contributed by atoms with van der Waals surface area (Å²) in [5.41, 5.74) is -0.568. The number of carbonyl (C=O) groups excluding carboxylic acids is 5. The summed E-state index contributed by atoms with van der Waals surface area (Å²) in [5.74, 6) is -2.46. The van der Waals surface area contributed by atoms with Crippen molar-refractivity contribution < 1.29 is 94.0 Å². The van der Waals surface area contributed by atoms with E-state index in [2.05, 4.69) is 57.0 Å². The Labute approximate surface area is 466 Å². The predicted octanol–water partition coefficient (Wildman–Crippen LogP) is 4.48. The van der Waals surface area contributed by atoms with Crippen LogP contribution in [0.25, 0.3) is 0 Å². The van der Waals surface area contributed by atoms with E-state index in [0.717, 1.165) is 60.0 Å². The van der Waals surface area contributed by atoms with Crippen LogP contribution in [0.3, 0.4) is 0 Å². The van der Waals surface area contributed by atoms with Gasteiger partial charge in [-0.3, -0.25) is 24.0 Å². The quantitative estimate of drug-likeness (QED) is 0.166. The number of hydrogen-bond acceptors (Lipinski definition) is 13. The smallest absolute Gasteiger partial charge is 1.00 e. The van der Waals surface area contributed by atoms with Crippen LogP contribution in [-0.2, 0) is 47.7 Å². The van der Waals surface area contributed by atoms with Crippen molar-refractivity contribution in [3.05, 3.63) is 95.6 Å². The predicted molar refractivity (Wildman–Crippen MR) is 271 cm³/mol. The number of ether oxygens (including phenoxy) is 5. The standard InChI is InChI=1S/C21H26O5.C20H24O5.C19H22O3.B.Na.H/c1-11-5-8-21-13-6-7-20(24)10-19(13,9-12(20)2)14(16(22)25-4)15(21)18(11,3)17(23)26-21;1-11-9-18-10-19(11,23)8-5-12(18)20-7-4-6-17(2,16(22)25-20)14(20)13(18)15(21)24-3;1-11-5-4-6-13-14-7-8-19(21)10-18(14,9-12(19)2)16(15(11)13)17(20)22-3;;;/h5,8,11,13-15,24H,2,6-7,9-10H2,1,3-4H3;4,6,12-14,23H,1,5,7-10H2,2-3H3;4-6,14,16,21H,2,7-10H2,1,3H3;;;/q;;;;+1;-1/t11-,13?,14+,15?,18-,19-,20-,21+;12?,13-,14?,17+,18+,19+,20-;14-,16+,18-,19-;;;/m010.../s1. The second-order valence-corrected chi connectivity index (χ2v) is 25.8. The molecule has 4 unspecified atom stereocenters. The van der Waals surface area contributed by atoms with Crippen molar-refractivity contribution in [2.24, 2.45) is 68.5 Å². The Bertz CT molecular complexity index is 2850. The normalized spacial score (nSPS) is 49.1. The summed E-state index contributed by atoms with van der Waals surface area (Å²) in [6.07, 6.45) is 16.7. The summed E-state index contributed by atoms with van der Waals surface area (Å²) in [7, 11) is 4.28. The van der Waals surface area contributed by atoms with Crippen molar-refractivity contribution in [2.45, 2.75) is 151 Å². The van der Waals surface area contributed by atoms with Crippen LogP contribution in [0.4, 0.5) is 0 Å². The largest absolute Gasteiger partial charge is 1.00 e. The molecule has 2 aliphatic heterocycles. The first-order valence-electron chi connectivity index (χ1n) is 26.7. The Morgan fingerprint density at radius 2 is 1.23 bits per heavy atom. The molecule has 2 heterocycles. The van der Waals surface area contributed by atoms with Gasteiger partial charge in [0.05, 0.1) is 66.7 Å². The summed E-state index contributed by atoms with van der Waals surface area (Å²) in [4.78, 5) is 64.4. The van der Waals surface area contributed by atoms with E-state index in [9.17, 15) is 39.3 Å². The molecule has 3 radical (unpaired) electrons. The number of hydrogen-bond donors (Lipinski definition) is 3. The molecule has 13 nitrogen and oxygen atoms in total. The molecule has 0 amide bonds. The van der Waals surface area contributed by atoms with Crippen LogP contribution in [0.1, 0.15) is 134 Å². The van der Waals surface area contributed by atoms with E-state index in [-0.39, 0.29) is 110 Å². The number of esters is 5. The molecule has 2 saturated heterocycles. The minimum Gasteiger partial charge on any atom is -1.00 e. The molecule has 15 heteroatoms. The number of aryl methyl sites for hydroxylation is 1. The Morgan fingerprint density at radius 1 is 0.707 bits per heavy atom. The Hall–Kier alpha value is -3.79. The third-order valence-corrected chi connectivity index (χ3v) is 23.3. The summed E-state index contributed by atoms with van der Waals surface area (Å²) in [6, 6.07) is 6.30. The van der Waals surface area contributed by atoms with Crippen LogP contribution in [0.15, 0.2) is 79.0 Å². The second kappa shape index (κ2) is 16.9. The number of fused-ring (bicyclic) bond motifs is 5. The van der Waals surface area contributed by atoms with E-state index in [1.807, 2.05) is 32.9 Å². The van der Waals surface area contributed by atoms with Gasteiger partial charge < -0.3 is 40.4 Å². The van der Waals surface area contributed by atoms with Crippen molar-refractivity contribution in [3.8, 4) is 0 Å². The average Bonchev–Trinajstić information content (AvgIpc) is 4.09. The maximum atomic E-state index is 13.1. The fourth-order valence-electron chi connectivity index (χ4n) is 20.3. The molecular formula is C60H73BNaO13. The zero-order valence-electron chi connectivity index (χ0n) is 46.1. The molecule has 1 aromatic carbocycles. The third-order valence-electron chi connectivity index (χ3n) is 23.3. The van der Waals surface area contributed by atoms with Crippen LogP contribution < -0.4 is 29.6 Å². The van der Waals surface area contributed by atoms with E-state index in [0.29, 0.717) is 57.3 Å². The average molecular weight is 1040 g/mol. The van der Waals surface area contributed by atoms with E-state index in [1.54, 1.807) is 0 Å². The SMILES string of the molecule is C=C1C[C@]23C[C@@]1(O)CCC2[C@@]12C=C[C@H](C)[C@](C)(C(=O)O1)C2[C@@H]3C(=O)OC.C=C1C[C@]23C[C@@]1(O)CCC2[C@@]12CC=C[C@](C)(C(=O)O1)C2[C@@H]3C(=O)OC.C=C1C[C@]23C[C@@]1(O)CC[C@H]2c1cccc(C)c1[C@@H]3C(=O)OC.[B].[H-].[Na+]. The molecular weight excluding hydrogens is 962 g/mol. The number of carbonyl (C=O) groups is 5. The summed E-state index contributed by atoms with van der Waals surface area (Å²) < 4.78 is 27.8. The van der Waals surface area contributed by atoms with Crippen molar-refractivity contribution in [2.75, 3.05) is 21.3 Å². The molecule has 10 fully saturated rings. The van der Waals surface area contributed by atoms with Crippen LogP contribution in [0.2, 0.25) is 0 Å². The molecule has 3 N–H and O–H groups in total. The summed E-state index contributed by atoms with van der Waals surface area (Å²) in [5, 5.41) is 33.0. The van der Waals surface area contributed by atoms with Crippen LogP contribution >= 0.6 is 0 Å². The Morgan fingerprint density at radius 3 is 1.81 bits per heavy atom. The van der Waals surface area contributed by atoms with Gasteiger partial charge in [-0.1, -0.05) is 63.1 Å². The number of methoxy groups -OCH3 is 3. The maximum absolute atomic E-state index is 13.1. The molecule has 0 aromatic heterocycles. The number of allylic oxidation sites excluding steroid dienone is 1. The summed E-state index contributed by atoms with van der Waals surface area (Å²) >= 11 is 0. The van der Waals surface area contributed by atoms with Crippen molar-refractivity contribution >= 4 is 38.3 Å². The van der Waals surface area contributed by atoms with Gasteiger partial charge in [0.15, 0.2) is 0 Å². The first-order chi connectivity index (χ1) is 34.3. The fraction of sp³-hybridized carbons (Fsp3) is 0.650. The van der Waals surface area contributed by atoms with E-state index >= 15 is 0 Å². The minimum atomic E-state index is -0.910. The molecule has 10 bridgehead atoms. The first-order valence-corrected chi connectivity index (χ1v) is 26.7. The van der Waals surface area contributed by atoms with Crippen molar-refractivity contribution in [1.29, 1.82) is 0 Å². The molecule has 8 saturated carbocycles. The fourth-order valence-corrected chi connectivity index (χ4v) is 20.3. The zero-order valence-corrected chi connectivity index (χ0v) is 47.1. The van der Waals surface area contributed by atoms with Gasteiger partial charge in [-0.25, -0.2) is 0 Å². The van der Waals surface area contributed by atoms with Gasteiger partial charge in [0.25, 0.3) is 0 Å². The monoisotopic (exact) mass is 1040 g/mol. The molecule has 75 heavy (non-hydrogen) atoms. The number of benzene rings is 1. The molecule has 11 aliphatic carbocycles. The molecule has 1 aromatic rings. The first kappa shape index (κ1) is 54.6. The zero-order chi connectivity index (χ0) is 52.2.